The Morgan fingerprint density at radius 3 is 2.27 bits per heavy atom. The van der Waals surface area contributed by atoms with Crippen LogP contribution in [0.25, 0.3) is 0 Å². The number of carbonyl (C=O) groups is 1. The van der Waals surface area contributed by atoms with Gasteiger partial charge in [0.15, 0.2) is 5.78 Å². The molecule has 2 unspecified atom stereocenters. The second kappa shape index (κ2) is 4.23. The Balaban J connectivity index is 0.00000112. The van der Waals surface area contributed by atoms with Crippen LogP contribution in [0.4, 0.5) is 0 Å². The third kappa shape index (κ3) is 2.17. The van der Waals surface area contributed by atoms with Crippen molar-refractivity contribution in [2.75, 3.05) is 0 Å². The normalized spacial score (nSPS) is 30.5. The molecule has 3 heteroatoms. The first-order valence-electron chi connectivity index (χ1n) is 5.37. The number of hydrogen-bond acceptors (Lipinski definition) is 2. The molecule has 0 aromatic carbocycles. The Bertz CT molecular complexity index is 312. The van der Waals surface area contributed by atoms with Crippen LogP contribution in [0.15, 0.2) is 11.3 Å². The van der Waals surface area contributed by atoms with Crippen LogP contribution in [0.3, 0.4) is 0 Å². The molecule has 2 aliphatic carbocycles. The zero-order valence-corrected chi connectivity index (χ0v) is 12.1. The number of Topliss-reactive ketones (excluding diaryl/α,β-unsaturated/α-hetero) is 1. The van der Waals surface area contributed by atoms with Gasteiger partial charge in [0.05, 0.1) is 0 Å². The molecule has 2 atom stereocenters. The van der Waals surface area contributed by atoms with Gasteiger partial charge >= 0.3 is 29.6 Å². The van der Waals surface area contributed by atoms with Crippen molar-refractivity contribution in [3.05, 3.63) is 11.3 Å². The first-order valence-corrected chi connectivity index (χ1v) is 5.37. The van der Waals surface area contributed by atoms with Gasteiger partial charge in [-0.15, -0.1) is 5.76 Å². The van der Waals surface area contributed by atoms with Gasteiger partial charge in [0.2, 0.25) is 0 Å². The van der Waals surface area contributed by atoms with E-state index >= 15 is 0 Å². The number of rotatable bonds is 0. The average Bonchev–Trinajstić information content (AvgIpc) is 2.44. The summed E-state index contributed by atoms with van der Waals surface area (Å²) in [5.41, 5.74) is 0.311. The van der Waals surface area contributed by atoms with Crippen molar-refractivity contribution in [3.63, 3.8) is 0 Å². The van der Waals surface area contributed by atoms with Crippen LogP contribution >= 0.6 is 0 Å². The molecular weight excluding hydrogens is 199 g/mol. The molecule has 0 saturated heterocycles. The van der Waals surface area contributed by atoms with E-state index in [0.29, 0.717) is 5.57 Å². The smallest absolute Gasteiger partial charge is 0.875 e. The maximum Gasteiger partial charge on any atom is 1.00 e. The van der Waals surface area contributed by atoms with E-state index in [1.54, 1.807) is 0 Å². The molecule has 0 amide bonds. The molecule has 0 aliphatic heterocycles. The van der Waals surface area contributed by atoms with Crippen molar-refractivity contribution in [1.29, 1.82) is 0 Å². The van der Waals surface area contributed by atoms with E-state index in [-0.39, 0.29) is 58.4 Å². The molecule has 1 saturated carbocycles. The second-order valence-corrected chi connectivity index (χ2v) is 5.56. The molecule has 0 spiro atoms. The Kier molecular flexibility index (Phi) is 3.74. The van der Waals surface area contributed by atoms with Gasteiger partial charge in [-0.2, -0.15) is 0 Å². The minimum Gasteiger partial charge on any atom is -0.875 e. The minimum atomic E-state index is -0.268. The third-order valence-corrected chi connectivity index (χ3v) is 3.42. The van der Waals surface area contributed by atoms with E-state index < -0.39 is 0 Å². The van der Waals surface area contributed by atoms with Crippen molar-refractivity contribution in [1.82, 2.24) is 0 Å². The van der Waals surface area contributed by atoms with E-state index in [4.69, 9.17) is 0 Å². The number of allylic oxidation sites excluding steroid dienone is 2. The van der Waals surface area contributed by atoms with Crippen molar-refractivity contribution >= 4 is 5.78 Å². The summed E-state index contributed by atoms with van der Waals surface area (Å²) in [4.78, 5) is 12.0. The van der Waals surface area contributed by atoms with Crippen LogP contribution < -0.4 is 34.7 Å². The largest absolute Gasteiger partial charge is 1.00 e. The summed E-state index contributed by atoms with van der Waals surface area (Å²) in [6.45, 7) is 5.88. The van der Waals surface area contributed by atoms with Crippen LogP contribution in [0, 0.1) is 17.3 Å². The number of fused-ring (bicyclic) bond motifs is 2. The van der Waals surface area contributed by atoms with Crippen molar-refractivity contribution < 1.29 is 39.5 Å². The summed E-state index contributed by atoms with van der Waals surface area (Å²) in [5.74, 6) is 0.589. The van der Waals surface area contributed by atoms with Crippen molar-refractivity contribution in [2.45, 2.75) is 40.0 Å². The van der Waals surface area contributed by atoms with Gasteiger partial charge in [-0.25, -0.2) is 0 Å². The van der Waals surface area contributed by atoms with E-state index in [1.807, 2.05) is 20.8 Å². The molecule has 0 N–H and O–H groups in total. The summed E-state index contributed by atoms with van der Waals surface area (Å²) in [6.07, 6.45) is 2.67. The van der Waals surface area contributed by atoms with Crippen molar-refractivity contribution in [2.24, 2.45) is 17.3 Å². The van der Waals surface area contributed by atoms with Gasteiger partial charge in [0, 0.05) is 5.92 Å². The van der Waals surface area contributed by atoms with E-state index in [1.165, 1.54) is 0 Å². The van der Waals surface area contributed by atoms with Gasteiger partial charge in [0.25, 0.3) is 0 Å². The first kappa shape index (κ1) is 13.3. The summed E-state index contributed by atoms with van der Waals surface area (Å²) in [7, 11) is 0. The van der Waals surface area contributed by atoms with Gasteiger partial charge < -0.3 is 5.11 Å². The van der Waals surface area contributed by atoms with E-state index in [9.17, 15) is 9.90 Å². The Hall–Kier alpha value is 0.210. The molecule has 0 aromatic heterocycles. The number of hydrogen-bond donors (Lipinski definition) is 0. The fourth-order valence-electron chi connectivity index (χ4n) is 2.73. The molecule has 0 radical (unpaired) electrons. The molecule has 0 aromatic rings. The molecule has 78 valence electrons. The fourth-order valence-corrected chi connectivity index (χ4v) is 2.73. The Morgan fingerprint density at radius 2 is 1.73 bits per heavy atom. The Morgan fingerprint density at radius 1 is 1.20 bits per heavy atom. The van der Waals surface area contributed by atoms with Gasteiger partial charge in [0.1, 0.15) is 0 Å². The van der Waals surface area contributed by atoms with Gasteiger partial charge in [-0.05, 0) is 36.2 Å². The number of ketones is 1. The summed E-state index contributed by atoms with van der Waals surface area (Å²) < 4.78 is 0. The fraction of sp³-hybridized carbons (Fsp3) is 0.750. The maximum atomic E-state index is 12.0. The minimum absolute atomic E-state index is 0. The molecule has 0 heterocycles. The number of carbonyl (C=O) groups excluding carboxylic acids is 1. The third-order valence-electron chi connectivity index (χ3n) is 3.42. The zero-order chi connectivity index (χ0) is 10.5. The molecule has 2 nitrogen and oxygen atoms in total. The predicted molar refractivity (Wildman–Crippen MR) is 52.3 cm³/mol. The zero-order valence-electron chi connectivity index (χ0n) is 10.1. The van der Waals surface area contributed by atoms with Crippen LogP contribution in [0.5, 0.6) is 0 Å². The summed E-state index contributed by atoms with van der Waals surface area (Å²) in [6, 6.07) is 0. The monoisotopic (exact) mass is 216 g/mol. The quantitative estimate of drug-likeness (QED) is 0.470. The topological polar surface area (TPSA) is 40.1 Å². The molecule has 15 heavy (non-hydrogen) atoms. The standard InChI is InChI=1S/C12H18O2.Na/c1-12(2,3)9-10(13)7-4-5-8(6-7)11(9)14;/h7-8,13H,4-6H2,1-3H3;/q;+1/p-1. The van der Waals surface area contributed by atoms with Crippen LogP contribution in [-0.2, 0) is 4.79 Å². The second-order valence-electron chi connectivity index (χ2n) is 5.56. The average molecular weight is 216 g/mol. The molecule has 1 fully saturated rings. The predicted octanol–water partition coefficient (Wildman–Crippen LogP) is -1.35. The summed E-state index contributed by atoms with van der Waals surface area (Å²) in [5, 5.41) is 12.0. The first-order chi connectivity index (χ1) is 6.41. The molecule has 2 rings (SSSR count). The summed E-state index contributed by atoms with van der Waals surface area (Å²) >= 11 is 0. The van der Waals surface area contributed by atoms with Crippen LogP contribution in [0.1, 0.15) is 40.0 Å². The Labute approximate surface area is 113 Å². The van der Waals surface area contributed by atoms with E-state index in [2.05, 4.69) is 0 Å². The molecule has 2 aliphatic rings. The van der Waals surface area contributed by atoms with Crippen LogP contribution in [-0.4, -0.2) is 5.78 Å². The van der Waals surface area contributed by atoms with Crippen LogP contribution in [0.2, 0.25) is 0 Å². The van der Waals surface area contributed by atoms with E-state index in [0.717, 1.165) is 19.3 Å². The molecular formula is C12H17NaO2. The van der Waals surface area contributed by atoms with Gasteiger partial charge in [-0.1, -0.05) is 20.8 Å². The molecule has 2 bridgehead atoms. The van der Waals surface area contributed by atoms with Gasteiger partial charge in [-0.3, -0.25) is 4.79 Å². The SMILES string of the molecule is CC(C)(C)C1=C([O-])C2CCC(C2)C1=O.[Na+]. The van der Waals surface area contributed by atoms with Crippen molar-refractivity contribution in [3.8, 4) is 0 Å². The maximum absolute atomic E-state index is 12.0.